The van der Waals surface area contributed by atoms with Crippen LogP contribution in [-0.4, -0.2) is 15.1 Å². The van der Waals surface area contributed by atoms with Crippen LogP contribution in [0.1, 0.15) is 48.9 Å². The van der Waals surface area contributed by atoms with Crippen LogP contribution in [0.3, 0.4) is 0 Å². The number of rotatable bonds is 7. The first-order valence-electron chi connectivity index (χ1n) is 9.51. The zero-order valence-electron chi connectivity index (χ0n) is 16.5. The first-order valence-corrected chi connectivity index (χ1v) is 9.51. The van der Waals surface area contributed by atoms with Gasteiger partial charge in [-0.05, 0) is 55.5 Å². The maximum Gasteiger partial charge on any atom is 0.0793 e. The van der Waals surface area contributed by atoms with Gasteiger partial charge in [-0.25, -0.2) is 4.98 Å². The number of aromatic nitrogens is 2. The smallest absolute Gasteiger partial charge is 0.0793 e. The molecule has 0 radical (unpaired) electrons. The van der Waals surface area contributed by atoms with Gasteiger partial charge in [0.1, 0.15) is 0 Å². The van der Waals surface area contributed by atoms with E-state index in [1.165, 1.54) is 0 Å². The van der Waals surface area contributed by atoms with Crippen LogP contribution in [0.25, 0.3) is 22.0 Å². The van der Waals surface area contributed by atoms with Crippen molar-refractivity contribution in [2.75, 3.05) is 0 Å². The Labute approximate surface area is 166 Å². The minimum atomic E-state index is -0.511. The van der Waals surface area contributed by atoms with Crippen molar-refractivity contribution in [2.45, 2.75) is 32.8 Å². The predicted octanol–water partition coefficient (Wildman–Crippen LogP) is 5.92. The third kappa shape index (κ3) is 4.10. The van der Waals surface area contributed by atoms with Crippen molar-refractivity contribution in [3.05, 3.63) is 96.5 Å². The molecule has 1 atom stereocenters. The molecule has 0 aliphatic carbocycles. The van der Waals surface area contributed by atoms with Gasteiger partial charge in [0.25, 0.3) is 0 Å². The Morgan fingerprint density at radius 2 is 1.96 bits per heavy atom. The highest BCUT2D eigenvalue weighted by Gasteiger charge is 2.14. The van der Waals surface area contributed by atoms with E-state index in [0.717, 1.165) is 44.6 Å². The van der Waals surface area contributed by atoms with E-state index in [2.05, 4.69) is 37.2 Å². The van der Waals surface area contributed by atoms with Gasteiger partial charge >= 0.3 is 0 Å². The number of aliphatic hydroxyl groups is 1. The Hall–Kier alpha value is -3.04. The summed E-state index contributed by atoms with van der Waals surface area (Å²) in [6.45, 7) is 12.0. The standard InChI is InChI=1S/C25H26N2O/c1-5-17(3)20-16-21-22(12-13-24(28)19-10-8-7-9-11-19)26-15-14-23(21)27-25(20)18(4)6-2/h5-11,14-16,24,28H,2,4,12-13H2,1,3H3. The summed E-state index contributed by atoms with van der Waals surface area (Å²) < 4.78 is 0. The fraction of sp³-hybridized carbons (Fsp3) is 0.200. The molecule has 2 aromatic heterocycles. The van der Waals surface area contributed by atoms with E-state index in [4.69, 9.17) is 4.98 Å². The highest BCUT2D eigenvalue weighted by Crippen LogP contribution is 2.29. The van der Waals surface area contributed by atoms with E-state index < -0.39 is 6.10 Å². The zero-order chi connectivity index (χ0) is 20.1. The first kappa shape index (κ1) is 19.7. The van der Waals surface area contributed by atoms with Crippen LogP contribution in [0, 0.1) is 0 Å². The Morgan fingerprint density at radius 3 is 2.64 bits per heavy atom. The van der Waals surface area contributed by atoms with E-state index in [1.54, 1.807) is 12.3 Å². The van der Waals surface area contributed by atoms with Gasteiger partial charge < -0.3 is 5.11 Å². The second kappa shape index (κ2) is 8.77. The molecule has 3 aromatic rings. The maximum atomic E-state index is 10.5. The maximum absolute atomic E-state index is 10.5. The Balaban J connectivity index is 1.99. The number of hydrogen-bond acceptors (Lipinski definition) is 3. The molecule has 2 heterocycles. The average Bonchev–Trinajstić information content (AvgIpc) is 2.75. The van der Waals surface area contributed by atoms with E-state index in [-0.39, 0.29) is 0 Å². The molecule has 0 amide bonds. The minimum Gasteiger partial charge on any atom is -0.388 e. The molecule has 0 aliphatic heterocycles. The number of hydrogen-bond donors (Lipinski definition) is 1. The van der Waals surface area contributed by atoms with Crippen molar-refractivity contribution in [3.63, 3.8) is 0 Å². The van der Waals surface area contributed by atoms with E-state index in [9.17, 15) is 5.11 Å². The van der Waals surface area contributed by atoms with E-state index in [1.807, 2.05) is 43.3 Å². The van der Waals surface area contributed by atoms with Crippen molar-refractivity contribution >= 4 is 22.0 Å². The Kier molecular flexibility index (Phi) is 6.17. The molecule has 0 fully saturated rings. The van der Waals surface area contributed by atoms with Crippen molar-refractivity contribution < 1.29 is 5.11 Å². The molecule has 3 nitrogen and oxygen atoms in total. The van der Waals surface area contributed by atoms with Crippen molar-refractivity contribution in [1.29, 1.82) is 0 Å². The van der Waals surface area contributed by atoms with Gasteiger partial charge in [-0.3, -0.25) is 4.98 Å². The van der Waals surface area contributed by atoms with Crippen LogP contribution >= 0.6 is 0 Å². The second-order valence-electron chi connectivity index (χ2n) is 6.88. The van der Waals surface area contributed by atoms with Gasteiger partial charge in [-0.15, -0.1) is 0 Å². The largest absolute Gasteiger partial charge is 0.388 e. The lowest BCUT2D eigenvalue weighted by atomic mass is 9.97. The number of aliphatic hydroxyl groups excluding tert-OH is 1. The van der Waals surface area contributed by atoms with Crippen LogP contribution in [-0.2, 0) is 6.42 Å². The molecule has 1 aromatic carbocycles. The molecule has 0 spiro atoms. The Bertz CT molecular complexity index is 1040. The summed E-state index contributed by atoms with van der Waals surface area (Å²) in [6, 6.07) is 13.8. The molecule has 142 valence electrons. The predicted molar refractivity (Wildman–Crippen MR) is 118 cm³/mol. The third-order valence-electron chi connectivity index (χ3n) is 5.07. The molecule has 3 heteroatoms. The topological polar surface area (TPSA) is 46.0 Å². The number of fused-ring (bicyclic) bond motifs is 1. The lowest BCUT2D eigenvalue weighted by molar-refractivity contribution is 0.167. The molecule has 0 saturated heterocycles. The summed E-state index contributed by atoms with van der Waals surface area (Å²) in [6.07, 6.45) is 6.35. The van der Waals surface area contributed by atoms with Crippen LogP contribution in [0.2, 0.25) is 0 Å². The highest BCUT2D eigenvalue weighted by molar-refractivity contribution is 5.90. The second-order valence-corrected chi connectivity index (χ2v) is 6.88. The molecule has 1 unspecified atom stereocenters. The quantitative estimate of drug-likeness (QED) is 0.525. The zero-order valence-corrected chi connectivity index (χ0v) is 16.5. The van der Waals surface area contributed by atoms with Crippen molar-refractivity contribution in [3.8, 4) is 0 Å². The lowest BCUT2D eigenvalue weighted by Gasteiger charge is -2.14. The molecule has 28 heavy (non-hydrogen) atoms. The van der Waals surface area contributed by atoms with E-state index >= 15 is 0 Å². The summed E-state index contributed by atoms with van der Waals surface area (Å²) in [5, 5.41) is 11.5. The number of benzene rings is 1. The fourth-order valence-electron chi connectivity index (χ4n) is 3.27. The number of nitrogens with zero attached hydrogens (tertiary/aromatic N) is 2. The number of allylic oxidation sites excluding steroid dienone is 4. The van der Waals surface area contributed by atoms with Gasteiger partial charge in [0.05, 0.1) is 17.3 Å². The molecule has 0 bridgehead atoms. The first-order chi connectivity index (χ1) is 13.5. The fourth-order valence-corrected chi connectivity index (χ4v) is 3.27. The van der Waals surface area contributed by atoms with Gasteiger partial charge in [-0.1, -0.05) is 55.6 Å². The monoisotopic (exact) mass is 370 g/mol. The number of pyridine rings is 2. The average molecular weight is 370 g/mol. The molecule has 1 N–H and O–H groups in total. The summed E-state index contributed by atoms with van der Waals surface area (Å²) >= 11 is 0. The summed E-state index contributed by atoms with van der Waals surface area (Å²) in [7, 11) is 0. The summed E-state index contributed by atoms with van der Waals surface area (Å²) in [5.41, 5.74) is 6.57. The Morgan fingerprint density at radius 1 is 1.21 bits per heavy atom. The van der Waals surface area contributed by atoms with Gasteiger partial charge in [0.2, 0.25) is 0 Å². The molecular formula is C25H26N2O. The third-order valence-corrected chi connectivity index (χ3v) is 5.07. The summed E-state index contributed by atoms with van der Waals surface area (Å²) in [4.78, 5) is 9.43. The van der Waals surface area contributed by atoms with Gasteiger partial charge in [0, 0.05) is 22.8 Å². The molecule has 3 rings (SSSR count). The van der Waals surface area contributed by atoms with Crippen LogP contribution < -0.4 is 0 Å². The summed E-state index contributed by atoms with van der Waals surface area (Å²) in [5.74, 6) is 0. The van der Waals surface area contributed by atoms with Crippen LogP contribution in [0.5, 0.6) is 0 Å². The van der Waals surface area contributed by atoms with Gasteiger partial charge in [0.15, 0.2) is 0 Å². The lowest BCUT2D eigenvalue weighted by Crippen LogP contribution is -2.03. The normalized spacial score (nSPS) is 12.8. The van der Waals surface area contributed by atoms with Crippen LogP contribution in [0.15, 0.2) is 74.0 Å². The SMILES string of the molecule is C=CC(=C)c1nc2ccnc(CCC(O)c3ccccc3)c2cc1C(C)=CC. The number of aryl methyl sites for hydroxylation is 1. The van der Waals surface area contributed by atoms with Gasteiger partial charge in [-0.2, -0.15) is 0 Å². The minimum absolute atomic E-state index is 0.511. The molecule has 0 saturated carbocycles. The van der Waals surface area contributed by atoms with Crippen molar-refractivity contribution in [2.24, 2.45) is 0 Å². The van der Waals surface area contributed by atoms with Crippen LogP contribution in [0.4, 0.5) is 0 Å². The van der Waals surface area contributed by atoms with E-state index in [0.29, 0.717) is 12.8 Å². The molecule has 0 aliphatic rings. The van der Waals surface area contributed by atoms with Crippen molar-refractivity contribution in [1.82, 2.24) is 9.97 Å². The molecular weight excluding hydrogens is 344 g/mol. The highest BCUT2D eigenvalue weighted by atomic mass is 16.3.